The minimum absolute atomic E-state index is 0.0972. The Labute approximate surface area is 142 Å². The summed E-state index contributed by atoms with van der Waals surface area (Å²) in [7, 11) is 0. The van der Waals surface area contributed by atoms with Crippen LogP contribution in [0.3, 0.4) is 0 Å². The van der Waals surface area contributed by atoms with Gasteiger partial charge in [-0.05, 0) is 5.56 Å². The zero-order valence-corrected chi connectivity index (χ0v) is 14.6. The van der Waals surface area contributed by atoms with Gasteiger partial charge in [-0.1, -0.05) is 36.1 Å². The van der Waals surface area contributed by atoms with Crippen molar-refractivity contribution in [1.82, 2.24) is 9.21 Å². The third-order valence-electron chi connectivity index (χ3n) is 3.37. The van der Waals surface area contributed by atoms with Crippen molar-refractivity contribution in [3.05, 3.63) is 39.9 Å². The number of hydrogen-bond acceptors (Lipinski definition) is 6. The summed E-state index contributed by atoms with van der Waals surface area (Å²) >= 11 is 6.07. The fourth-order valence-electron chi connectivity index (χ4n) is 2.08. The molecule has 1 heterocycles. The van der Waals surface area contributed by atoms with Crippen molar-refractivity contribution in [3.63, 3.8) is 0 Å². The quantitative estimate of drug-likeness (QED) is 0.352. The molecule has 0 aromatic heterocycles. The first kappa shape index (κ1) is 17.5. The van der Waals surface area contributed by atoms with Crippen LogP contribution in [0.4, 0.5) is 5.69 Å². The lowest BCUT2D eigenvalue weighted by Gasteiger charge is -2.34. The highest BCUT2D eigenvalue weighted by atomic mass is 32.2. The second-order valence-corrected chi connectivity index (χ2v) is 7.79. The molecule has 2 rings (SSSR count). The van der Waals surface area contributed by atoms with Crippen molar-refractivity contribution >= 4 is 45.3 Å². The SMILES string of the molecule is C[S+]([O-])N1CCN(C(=S)SCc2ccc([N+](=O)[O-])cc2)CC1. The van der Waals surface area contributed by atoms with Gasteiger partial charge in [0.1, 0.15) is 10.6 Å². The molecule has 22 heavy (non-hydrogen) atoms. The molecule has 0 amide bonds. The van der Waals surface area contributed by atoms with Gasteiger partial charge in [0.15, 0.2) is 0 Å². The second kappa shape index (κ2) is 8.11. The monoisotopic (exact) mass is 359 g/mol. The third-order valence-corrected chi connectivity index (χ3v) is 6.06. The van der Waals surface area contributed by atoms with Gasteiger partial charge in [0.25, 0.3) is 5.69 Å². The van der Waals surface area contributed by atoms with Crippen molar-refractivity contribution in [2.75, 3.05) is 32.4 Å². The normalized spacial score (nSPS) is 17.3. The van der Waals surface area contributed by atoms with E-state index in [0.717, 1.165) is 36.1 Å². The lowest BCUT2D eigenvalue weighted by atomic mass is 10.2. The van der Waals surface area contributed by atoms with Crippen LogP contribution in [-0.4, -0.2) is 55.4 Å². The van der Waals surface area contributed by atoms with Crippen molar-refractivity contribution in [1.29, 1.82) is 0 Å². The van der Waals surface area contributed by atoms with E-state index in [1.54, 1.807) is 30.2 Å². The number of rotatable bonds is 4. The summed E-state index contributed by atoms with van der Waals surface area (Å²) in [4.78, 5) is 12.3. The van der Waals surface area contributed by atoms with Gasteiger partial charge in [-0.2, -0.15) is 0 Å². The molecule has 1 aliphatic rings. The molecular weight excluding hydrogens is 342 g/mol. The van der Waals surface area contributed by atoms with Crippen molar-refractivity contribution in [2.24, 2.45) is 0 Å². The fraction of sp³-hybridized carbons (Fsp3) is 0.462. The molecule has 1 aliphatic heterocycles. The van der Waals surface area contributed by atoms with E-state index in [1.165, 1.54) is 12.1 Å². The molecule has 1 unspecified atom stereocenters. The Bertz CT molecular complexity index is 531. The average Bonchev–Trinajstić information content (AvgIpc) is 2.53. The Morgan fingerprint density at radius 1 is 1.32 bits per heavy atom. The molecule has 9 heteroatoms. The molecule has 6 nitrogen and oxygen atoms in total. The summed E-state index contributed by atoms with van der Waals surface area (Å²) in [5.74, 6) is 0.691. The number of thiocarbonyl (C=S) groups is 1. The van der Waals surface area contributed by atoms with Crippen LogP contribution in [0, 0.1) is 10.1 Å². The lowest BCUT2D eigenvalue weighted by molar-refractivity contribution is -0.384. The minimum Gasteiger partial charge on any atom is -0.598 e. The Balaban J connectivity index is 1.79. The number of non-ortho nitro benzene ring substituents is 1. The topological polar surface area (TPSA) is 72.7 Å². The first-order chi connectivity index (χ1) is 10.5. The third kappa shape index (κ3) is 4.82. The Hall–Kier alpha value is -0.870. The molecule has 1 fully saturated rings. The van der Waals surface area contributed by atoms with Crippen LogP contribution < -0.4 is 0 Å². The highest BCUT2D eigenvalue weighted by molar-refractivity contribution is 8.22. The molecule has 1 aromatic carbocycles. The molecule has 0 bridgehead atoms. The van der Waals surface area contributed by atoms with Crippen molar-refractivity contribution in [3.8, 4) is 0 Å². The molecule has 0 spiro atoms. The largest absolute Gasteiger partial charge is 0.598 e. The molecule has 0 saturated carbocycles. The van der Waals surface area contributed by atoms with Gasteiger partial charge in [-0.25, -0.2) is 0 Å². The van der Waals surface area contributed by atoms with Gasteiger partial charge in [0.2, 0.25) is 0 Å². The summed E-state index contributed by atoms with van der Waals surface area (Å²) < 4.78 is 14.1. The van der Waals surface area contributed by atoms with Crippen molar-refractivity contribution in [2.45, 2.75) is 5.75 Å². The summed E-state index contributed by atoms with van der Waals surface area (Å²) in [5, 5.41) is 10.6. The van der Waals surface area contributed by atoms with Crippen LogP contribution in [-0.2, 0) is 17.1 Å². The smallest absolute Gasteiger partial charge is 0.269 e. The van der Waals surface area contributed by atoms with Gasteiger partial charge in [0, 0.05) is 42.3 Å². The molecule has 1 atom stereocenters. The number of thioether (sulfide) groups is 1. The minimum atomic E-state index is -0.918. The van der Waals surface area contributed by atoms with Crippen LogP contribution in [0.25, 0.3) is 0 Å². The van der Waals surface area contributed by atoms with E-state index in [9.17, 15) is 14.7 Å². The van der Waals surface area contributed by atoms with E-state index < -0.39 is 16.3 Å². The van der Waals surface area contributed by atoms with E-state index in [1.807, 2.05) is 4.31 Å². The first-order valence-corrected chi connectivity index (χ1v) is 9.62. The maximum Gasteiger partial charge on any atom is 0.269 e. The maximum atomic E-state index is 11.4. The van der Waals surface area contributed by atoms with Gasteiger partial charge >= 0.3 is 0 Å². The highest BCUT2D eigenvalue weighted by Crippen LogP contribution is 2.20. The van der Waals surface area contributed by atoms with Crippen LogP contribution in [0.2, 0.25) is 0 Å². The second-order valence-electron chi connectivity index (χ2n) is 4.82. The highest BCUT2D eigenvalue weighted by Gasteiger charge is 2.24. The van der Waals surface area contributed by atoms with Gasteiger partial charge in [-0.15, -0.1) is 4.31 Å². The molecule has 0 aliphatic carbocycles. The molecule has 0 radical (unpaired) electrons. The predicted octanol–water partition coefficient (Wildman–Crippen LogP) is 2.02. The van der Waals surface area contributed by atoms with Gasteiger partial charge < -0.3 is 9.45 Å². The van der Waals surface area contributed by atoms with Gasteiger partial charge in [0.05, 0.1) is 18.0 Å². The zero-order chi connectivity index (χ0) is 16.1. The number of benzene rings is 1. The van der Waals surface area contributed by atoms with Crippen LogP contribution in [0.1, 0.15) is 5.56 Å². The van der Waals surface area contributed by atoms with Gasteiger partial charge in [-0.3, -0.25) is 10.1 Å². The average molecular weight is 359 g/mol. The fourth-order valence-corrected chi connectivity index (χ4v) is 3.96. The number of nitro groups is 1. The van der Waals surface area contributed by atoms with E-state index in [4.69, 9.17) is 12.2 Å². The van der Waals surface area contributed by atoms with Crippen LogP contribution in [0.5, 0.6) is 0 Å². The Morgan fingerprint density at radius 3 is 2.41 bits per heavy atom. The van der Waals surface area contributed by atoms with E-state index in [0.29, 0.717) is 5.75 Å². The molecule has 0 N–H and O–H groups in total. The maximum absolute atomic E-state index is 11.4. The number of nitro benzene ring substituents is 1. The summed E-state index contributed by atoms with van der Waals surface area (Å²) in [5.41, 5.74) is 1.10. The number of piperazine rings is 1. The molecule has 120 valence electrons. The van der Waals surface area contributed by atoms with Crippen LogP contribution in [0.15, 0.2) is 24.3 Å². The summed E-state index contributed by atoms with van der Waals surface area (Å²) in [6.45, 7) is 3.07. The zero-order valence-electron chi connectivity index (χ0n) is 12.1. The Kier molecular flexibility index (Phi) is 6.45. The predicted molar refractivity (Wildman–Crippen MR) is 94.2 cm³/mol. The first-order valence-electron chi connectivity index (χ1n) is 6.71. The number of hydrogen-bond donors (Lipinski definition) is 0. The lowest BCUT2D eigenvalue weighted by Crippen LogP contribution is -2.49. The van der Waals surface area contributed by atoms with Crippen molar-refractivity contribution < 1.29 is 9.48 Å². The van der Waals surface area contributed by atoms with E-state index in [-0.39, 0.29) is 5.69 Å². The Morgan fingerprint density at radius 2 is 1.91 bits per heavy atom. The summed E-state index contributed by atoms with van der Waals surface area (Å²) in [6, 6.07) is 6.53. The van der Waals surface area contributed by atoms with E-state index in [2.05, 4.69) is 4.90 Å². The molecular formula is C13H17N3O3S3. The van der Waals surface area contributed by atoms with E-state index >= 15 is 0 Å². The summed E-state index contributed by atoms with van der Waals surface area (Å²) in [6.07, 6.45) is 1.69. The van der Waals surface area contributed by atoms with Crippen LogP contribution >= 0.6 is 24.0 Å². The standard InChI is InChI=1S/C13H17N3O3S3/c1-22(19)15-8-6-14(7-9-15)13(20)21-10-11-2-4-12(5-3-11)16(17)18/h2-5H,6-10H2,1H3. The molecule has 1 saturated heterocycles. The molecule has 1 aromatic rings. The number of nitrogens with zero attached hydrogens (tertiary/aromatic N) is 3.